The van der Waals surface area contributed by atoms with Crippen molar-refractivity contribution in [1.29, 1.82) is 0 Å². The van der Waals surface area contributed by atoms with Crippen LogP contribution in [0.15, 0.2) is 36.5 Å². The fourth-order valence-electron chi connectivity index (χ4n) is 3.40. The Kier molecular flexibility index (Phi) is 5.31. The van der Waals surface area contributed by atoms with Crippen molar-refractivity contribution in [2.24, 2.45) is 0 Å². The quantitative estimate of drug-likeness (QED) is 0.473. The summed E-state index contributed by atoms with van der Waals surface area (Å²) in [6, 6.07) is 9.39. The van der Waals surface area contributed by atoms with Crippen LogP contribution >= 0.6 is 0 Å². The van der Waals surface area contributed by atoms with E-state index in [1.165, 1.54) is 0 Å². The minimum absolute atomic E-state index is 0.264. The normalized spacial score (nSPS) is 10.8. The number of aromatic nitrogens is 1. The molecule has 3 aromatic rings. The molecular weight excluding hydrogens is 342 g/mol. The second kappa shape index (κ2) is 7.66. The fraction of sp³-hybridized carbons (Fsp3) is 0.273. The number of hydrogen-bond donors (Lipinski definition) is 0. The van der Waals surface area contributed by atoms with Crippen molar-refractivity contribution in [1.82, 2.24) is 4.40 Å². The Balaban J connectivity index is 2.37. The van der Waals surface area contributed by atoms with Crippen LogP contribution in [0.4, 0.5) is 0 Å². The van der Waals surface area contributed by atoms with Crippen LogP contribution in [0, 0.1) is 13.8 Å². The summed E-state index contributed by atoms with van der Waals surface area (Å²) in [5, 5.41) is 0. The van der Waals surface area contributed by atoms with E-state index in [4.69, 9.17) is 9.47 Å². The lowest BCUT2D eigenvalue weighted by Gasteiger charge is -2.14. The highest BCUT2D eigenvalue weighted by Gasteiger charge is 2.26. The predicted octanol–water partition coefficient (Wildman–Crippen LogP) is 4.61. The number of fused-ring (bicyclic) bond motifs is 1. The van der Waals surface area contributed by atoms with Gasteiger partial charge in [0.15, 0.2) is 6.29 Å². The third kappa shape index (κ3) is 3.21. The summed E-state index contributed by atoms with van der Waals surface area (Å²) < 4.78 is 12.7. The van der Waals surface area contributed by atoms with Gasteiger partial charge in [0, 0.05) is 11.8 Å². The fourth-order valence-corrected chi connectivity index (χ4v) is 3.40. The van der Waals surface area contributed by atoms with E-state index in [2.05, 4.69) is 0 Å². The Morgan fingerprint density at radius 2 is 1.89 bits per heavy atom. The van der Waals surface area contributed by atoms with Gasteiger partial charge in [0.25, 0.3) is 0 Å². The van der Waals surface area contributed by atoms with E-state index in [-0.39, 0.29) is 6.61 Å². The first-order chi connectivity index (χ1) is 13.0. The van der Waals surface area contributed by atoms with Crippen LogP contribution in [0.1, 0.15) is 45.8 Å². The van der Waals surface area contributed by atoms with Crippen LogP contribution in [-0.2, 0) is 4.74 Å². The van der Waals surface area contributed by atoms with Crippen molar-refractivity contribution < 1.29 is 19.1 Å². The molecule has 0 N–H and O–H groups in total. The van der Waals surface area contributed by atoms with Crippen molar-refractivity contribution in [3.63, 3.8) is 0 Å². The molecule has 2 heterocycles. The minimum atomic E-state index is -0.435. The largest absolute Gasteiger partial charge is 0.494 e. The summed E-state index contributed by atoms with van der Waals surface area (Å²) in [5.74, 6) is 0.364. The number of nitrogens with zero attached hydrogens (tertiary/aromatic N) is 1. The number of carbonyl (C=O) groups excluding carboxylic acids is 2. The smallest absolute Gasteiger partial charge is 0.340 e. The van der Waals surface area contributed by atoms with E-state index >= 15 is 0 Å². The van der Waals surface area contributed by atoms with Crippen LogP contribution in [0.25, 0.3) is 16.6 Å². The third-order valence-corrected chi connectivity index (χ3v) is 4.56. The van der Waals surface area contributed by atoms with Gasteiger partial charge in [-0.25, -0.2) is 4.79 Å². The van der Waals surface area contributed by atoms with E-state index in [1.54, 1.807) is 17.5 Å². The molecule has 5 nitrogen and oxygen atoms in total. The molecule has 140 valence electrons. The molecule has 0 aliphatic carbocycles. The first-order valence-electron chi connectivity index (χ1n) is 9.03. The van der Waals surface area contributed by atoms with Gasteiger partial charge in [-0.15, -0.1) is 0 Å². The van der Waals surface area contributed by atoms with Gasteiger partial charge in [-0.1, -0.05) is 6.07 Å². The lowest BCUT2D eigenvalue weighted by molar-refractivity contribution is 0.0529. The Labute approximate surface area is 158 Å². The lowest BCUT2D eigenvalue weighted by Crippen LogP contribution is -2.06. The van der Waals surface area contributed by atoms with Crippen LogP contribution in [0.5, 0.6) is 5.75 Å². The molecule has 3 rings (SSSR count). The van der Waals surface area contributed by atoms with Crippen LogP contribution in [0.2, 0.25) is 0 Å². The highest BCUT2D eigenvalue weighted by molar-refractivity contribution is 6.09. The molecule has 0 atom stereocenters. The summed E-state index contributed by atoms with van der Waals surface area (Å²) in [6.07, 6.45) is 2.57. The van der Waals surface area contributed by atoms with E-state index in [9.17, 15) is 9.59 Å². The molecule has 2 aromatic heterocycles. The number of benzene rings is 1. The van der Waals surface area contributed by atoms with Crippen molar-refractivity contribution in [3.05, 3.63) is 58.9 Å². The molecule has 0 aliphatic rings. The van der Waals surface area contributed by atoms with Crippen molar-refractivity contribution in [3.8, 4) is 16.9 Å². The maximum absolute atomic E-state index is 12.8. The van der Waals surface area contributed by atoms with Crippen LogP contribution < -0.4 is 4.74 Å². The number of pyridine rings is 1. The first-order valence-corrected chi connectivity index (χ1v) is 9.03. The van der Waals surface area contributed by atoms with E-state index in [1.807, 2.05) is 51.1 Å². The minimum Gasteiger partial charge on any atom is -0.494 e. The molecule has 0 radical (unpaired) electrons. The van der Waals surface area contributed by atoms with Crippen molar-refractivity contribution in [2.45, 2.75) is 27.7 Å². The molecule has 0 aliphatic heterocycles. The summed E-state index contributed by atoms with van der Waals surface area (Å²) in [7, 11) is 0. The number of carbonyl (C=O) groups is 2. The Hall–Kier alpha value is -3.08. The average molecular weight is 365 g/mol. The molecule has 0 bridgehead atoms. The summed E-state index contributed by atoms with van der Waals surface area (Å²) in [6.45, 7) is 8.44. The Morgan fingerprint density at radius 3 is 2.56 bits per heavy atom. The average Bonchev–Trinajstić information content (AvgIpc) is 2.99. The SMILES string of the molecule is CCOC(=O)c1c(-c2cc(C)c(OCC)cc2C)c(C=O)n2ccccc12. The second-order valence-electron chi connectivity index (χ2n) is 6.30. The second-order valence-corrected chi connectivity index (χ2v) is 6.30. The monoisotopic (exact) mass is 365 g/mol. The van der Waals surface area contributed by atoms with Gasteiger partial charge in [0.2, 0.25) is 0 Å². The maximum atomic E-state index is 12.8. The summed E-state index contributed by atoms with van der Waals surface area (Å²) >= 11 is 0. The zero-order valence-corrected chi connectivity index (χ0v) is 16.0. The predicted molar refractivity (Wildman–Crippen MR) is 105 cm³/mol. The molecule has 0 spiro atoms. The molecular formula is C22H23NO4. The zero-order valence-electron chi connectivity index (χ0n) is 16.0. The number of rotatable bonds is 6. The zero-order chi connectivity index (χ0) is 19.6. The highest BCUT2D eigenvalue weighted by atomic mass is 16.5. The first kappa shape index (κ1) is 18.7. The number of esters is 1. The van der Waals surface area contributed by atoms with Crippen LogP contribution in [-0.4, -0.2) is 29.9 Å². The van der Waals surface area contributed by atoms with Gasteiger partial charge < -0.3 is 13.9 Å². The summed E-state index contributed by atoms with van der Waals surface area (Å²) in [4.78, 5) is 24.7. The topological polar surface area (TPSA) is 57.0 Å². The van der Waals surface area contributed by atoms with Gasteiger partial charge in [-0.2, -0.15) is 0 Å². The van der Waals surface area contributed by atoms with Crippen LogP contribution in [0.3, 0.4) is 0 Å². The van der Waals surface area contributed by atoms with Gasteiger partial charge in [-0.05, 0) is 68.7 Å². The summed E-state index contributed by atoms with van der Waals surface area (Å²) in [5.41, 5.74) is 4.78. The number of ether oxygens (including phenoxy) is 2. The van der Waals surface area contributed by atoms with Gasteiger partial charge >= 0.3 is 5.97 Å². The third-order valence-electron chi connectivity index (χ3n) is 4.56. The molecule has 0 saturated heterocycles. The number of aldehydes is 1. The van der Waals surface area contributed by atoms with E-state index in [0.29, 0.717) is 28.9 Å². The molecule has 0 unspecified atom stereocenters. The van der Waals surface area contributed by atoms with Gasteiger partial charge in [0.05, 0.1) is 30.0 Å². The van der Waals surface area contributed by atoms with E-state index < -0.39 is 5.97 Å². The maximum Gasteiger partial charge on any atom is 0.340 e. The standard InChI is InChI=1S/C22H23NO4/c1-5-26-19-12-14(3)16(11-15(19)4)20-18(13-24)23-10-8-7-9-17(23)21(20)22(25)27-6-2/h7-13H,5-6H2,1-4H3. The Morgan fingerprint density at radius 1 is 1.11 bits per heavy atom. The van der Waals surface area contributed by atoms with Crippen molar-refractivity contribution >= 4 is 17.8 Å². The number of aryl methyl sites for hydroxylation is 2. The molecule has 5 heteroatoms. The molecule has 1 aromatic carbocycles. The molecule has 0 fully saturated rings. The van der Waals surface area contributed by atoms with Gasteiger partial charge in [-0.3, -0.25) is 4.79 Å². The molecule has 0 saturated carbocycles. The number of hydrogen-bond acceptors (Lipinski definition) is 4. The highest BCUT2D eigenvalue weighted by Crippen LogP contribution is 2.37. The molecule has 27 heavy (non-hydrogen) atoms. The molecule has 0 amide bonds. The van der Waals surface area contributed by atoms with Gasteiger partial charge in [0.1, 0.15) is 5.75 Å². The lowest BCUT2D eigenvalue weighted by atomic mass is 9.94. The van der Waals surface area contributed by atoms with E-state index in [0.717, 1.165) is 28.7 Å². The Bertz CT molecular complexity index is 1020. The van der Waals surface area contributed by atoms with Crippen molar-refractivity contribution in [2.75, 3.05) is 13.2 Å².